The molecule has 2 aromatic heterocycles. The largest absolute Gasteiger partial charge is 0.391 e. The van der Waals surface area contributed by atoms with Gasteiger partial charge in [0.1, 0.15) is 12.1 Å². The third-order valence-electron chi connectivity index (χ3n) is 5.16. The summed E-state index contributed by atoms with van der Waals surface area (Å²) in [5.41, 5.74) is 0.964. The molecule has 7 nitrogen and oxygen atoms in total. The number of anilines is 1. The molecule has 1 aliphatic heterocycles. The number of fused-ring (bicyclic) bond motifs is 1. The lowest BCUT2D eigenvalue weighted by Gasteiger charge is -2.43. The molecule has 0 aromatic carbocycles. The number of piperazine rings is 1. The third kappa shape index (κ3) is 2.79. The fourth-order valence-corrected chi connectivity index (χ4v) is 3.94. The van der Waals surface area contributed by atoms with Crippen LogP contribution in [-0.4, -0.2) is 67.9 Å². The second kappa shape index (κ2) is 6.05. The zero-order valence-electron chi connectivity index (χ0n) is 13.6. The highest BCUT2D eigenvalue weighted by molar-refractivity contribution is 5.47. The van der Waals surface area contributed by atoms with Gasteiger partial charge in [-0.3, -0.25) is 4.90 Å². The van der Waals surface area contributed by atoms with Gasteiger partial charge in [-0.2, -0.15) is 14.6 Å². The monoisotopic (exact) mass is 316 g/mol. The summed E-state index contributed by atoms with van der Waals surface area (Å²) in [6.45, 7) is 5.86. The maximum atomic E-state index is 10.3. The van der Waals surface area contributed by atoms with Crippen molar-refractivity contribution in [1.29, 1.82) is 0 Å². The molecule has 2 aromatic rings. The van der Waals surface area contributed by atoms with E-state index in [2.05, 4.69) is 30.9 Å². The Morgan fingerprint density at radius 3 is 2.70 bits per heavy atom. The molecular weight excluding hydrogens is 292 g/mol. The van der Waals surface area contributed by atoms with Crippen molar-refractivity contribution in [3.05, 3.63) is 18.1 Å². The summed E-state index contributed by atoms with van der Waals surface area (Å²) < 4.78 is 1.82. The van der Waals surface area contributed by atoms with Crippen LogP contribution < -0.4 is 4.90 Å². The standard InChI is InChI=1S/C16H24N6O/c1-12-10-15(22-16(19-12)17-11-18-22)21-8-6-20(7-9-21)13-4-2-3-5-14(13)23/h10-11,13-14,23H,2-9H2,1H3. The van der Waals surface area contributed by atoms with Gasteiger partial charge in [-0.05, 0) is 19.8 Å². The van der Waals surface area contributed by atoms with Crippen molar-refractivity contribution >= 4 is 11.6 Å². The van der Waals surface area contributed by atoms with Crippen molar-refractivity contribution in [2.24, 2.45) is 0 Å². The highest BCUT2D eigenvalue weighted by Gasteiger charge is 2.31. The van der Waals surface area contributed by atoms with Gasteiger partial charge < -0.3 is 10.0 Å². The topological polar surface area (TPSA) is 69.8 Å². The van der Waals surface area contributed by atoms with E-state index in [1.807, 2.05) is 11.4 Å². The Morgan fingerprint density at radius 1 is 1.13 bits per heavy atom. The molecule has 1 aliphatic carbocycles. The minimum absolute atomic E-state index is 0.152. The van der Waals surface area contributed by atoms with Crippen LogP contribution in [-0.2, 0) is 0 Å². The summed E-state index contributed by atoms with van der Waals surface area (Å²) >= 11 is 0. The van der Waals surface area contributed by atoms with Gasteiger partial charge in [0.25, 0.3) is 5.78 Å². The molecule has 0 amide bonds. The highest BCUT2D eigenvalue weighted by atomic mass is 16.3. The van der Waals surface area contributed by atoms with Gasteiger partial charge in [0.2, 0.25) is 0 Å². The van der Waals surface area contributed by atoms with Crippen molar-refractivity contribution < 1.29 is 5.11 Å². The van der Waals surface area contributed by atoms with Gasteiger partial charge in [0.15, 0.2) is 0 Å². The SMILES string of the molecule is Cc1cc(N2CCN(C3CCCCC3O)CC2)n2ncnc2n1. The molecule has 2 fully saturated rings. The van der Waals surface area contributed by atoms with E-state index in [4.69, 9.17) is 0 Å². The molecular formula is C16H24N6O. The number of rotatable bonds is 2. The van der Waals surface area contributed by atoms with Crippen LogP contribution in [0.3, 0.4) is 0 Å². The summed E-state index contributed by atoms with van der Waals surface area (Å²) in [5, 5.41) is 14.6. The van der Waals surface area contributed by atoms with E-state index in [9.17, 15) is 5.11 Å². The van der Waals surface area contributed by atoms with Crippen molar-refractivity contribution in [2.45, 2.75) is 44.8 Å². The van der Waals surface area contributed by atoms with Gasteiger partial charge in [0, 0.05) is 44.0 Å². The van der Waals surface area contributed by atoms with Crippen LogP contribution in [0.15, 0.2) is 12.4 Å². The summed E-state index contributed by atoms with van der Waals surface area (Å²) in [5.74, 6) is 1.72. The summed E-state index contributed by atoms with van der Waals surface area (Å²) in [4.78, 5) is 13.4. The molecule has 1 saturated heterocycles. The first-order valence-corrected chi connectivity index (χ1v) is 8.57. The van der Waals surface area contributed by atoms with Crippen LogP contribution in [0.25, 0.3) is 5.78 Å². The maximum absolute atomic E-state index is 10.3. The quantitative estimate of drug-likeness (QED) is 0.886. The molecule has 124 valence electrons. The van der Waals surface area contributed by atoms with Crippen molar-refractivity contribution in [3.63, 3.8) is 0 Å². The molecule has 3 heterocycles. The Kier molecular flexibility index (Phi) is 3.90. The molecule has 2 aliphatic rings. The number of aromatic nitrogens is 4. The van der Waals surface area contributed by atoms with E-state index in [-0.39, 0.29) is 6.10 Å². The molecule has 1 N–H and O–H groups in total. The lowest BCUT2D eigenvalue weighted by molar-refractivity contribution is 0.0172. The predicted molar refractivity (Wildman–Crippen MR) is 87.6 cm³/mol. The van der Waals surface area contributed by atoms with Crippen molar-refractivity contribution in [1.82, 2.24) is 24.5 Å². The fraction of sp³-hybridized carbons (Fsp3) is 0.688. The van der Waals surface area contributed by atoms with Crippen LogP contribution in [0.1, 0.15) is 31.4 Å². The molecule has 2 unspecified atom stereocenters. The minimum atomic E-state index is -0.152. The Labute approximate surface area is 135 Å². The van der Waals surface area contributed by atoms with E-state index in [0.717, 1.165) is 57.0 Å². The average Bonchev–Trinajstić information content (AvgIpc) is 3.03. The molecule has 0 spiro atoms. The first-order valence-electron chi connectivity index (χ1n) is 8.57. The Hall–Kier alpha value is -1.73. The number of aryl methyl sites for hydroxylation is 1. The lowest BCUT2D eigenvalue weighted by atomic mass is 9.91. The maximum Gasteiger partial charge on any atom is 0.254 e. The second-order valence-corrected chi connectivity index (χ2v) is 6.67. The molecule has 23 heavy (non-hydrogen) atoms. The van der Waals surface area contributed by atoms with E-state index < -0.39 is 0 Å². The molecule has 0 bridgehead atoms. The number of nitrogens with zero attached hydrogens (tertiary/aromatic N) is 6. The first kappa shape index (κ1) is 14.8. The Morgan fingerprint density at radius 2 is 1.91 bits per heavy atom. The third-order valence-corrected chi connectivity index (χ3v) is 5.16. The van der Waals surface area contributed by atoms with E-state index in [1.165, 1.54) is 6.42 Å². The molecule has 0 radical (unpaired) electrons. The highest BCUT2D eigenvalue weighted by Crippen LogP contribution is 2.25. The molecule has 7 heteroatoms. The predicted octanol–water partition coefficient (Wildman–Crippen LogP) is 0.858. The van der Waals surface area contributed by atoms with Crippen LogP contribution in [0, 0.1) is 6.92 Å². The van der Waals surface area contributed by atoms with E-state index in [0.29, 0.717) is 11.8 Å². The fourth-order valence-electron chi connectivity index (χ4n) is 3.94. The first-order chi connectivity index (χ1) is 11.2. The van der Waals surface area contributed by atoms with Crippen LogP contribution in [0.2, 0.25) is 0 Å². The van der Waals surface area contributed by atoms with E-state index in [1.54, 1.807) is 6.33 Å². The second-order valence-electron chi connectivity index (χ2n) is 6.67. The van der Waals surface area contributed by atoms with E-state index >= 15 is 0 Å². The van der Waals surface area contributed by atoms with Gasteiger partial charge in [-0.25, -0.2) is 4.98 Å². The van der Waals surface area contributed by atoms with Gasteiger partial charge >= 0.3 is 0 Å². The Balaban J connectivity index is 1.49. The Bertz CT molecular complexity index is 678. The van der Waals surface area contributed by atoms with Gasteiger partial charge in [0.05, 0.1) is 6.10 Å². The zero-order valence-corrected chi connectivity index (χ0v) is 13.6. The number of aliphatic hydroxyl groups is 1. The van der Waals surface area contributed by atoms with Gasteiger partial charge in [-0.1, -0.05) is 12.8 Å². The normalized spacial score (nSPS) is 26.8. The molecule has 2 atom stereocenters. The smallest absolute Gasteiger partial charge is 0.254 e. The average molecular weight is 316 g/mol. The lowest BCUT2D eigenvalue weighted by Crippen LogP contribution is -2.54. The van der Waals surface area contributed by atoms with Crippen LogP contribution in [0.4, 0.5) is 5.82 Å². The zero-order chi connectivity index (χ0) is 15.8. The number of aliphatic hydroxyl groups excluding tert-OH is 1. The van der Waals surface area contributed by atoms with Crippen molar-refractivity contribution in [2.75, 3.05) is 31.1 Å². The number of hydrogen-bond acceptors (Lipinski definition) is 6. The van der Waals surface area contributed by atoms with Crippen LogP contribution in [0.5, 0.6) is 0 Å². The minimum Gasteiger partial charge on any atom is -0.391 e. The molecule has 4 rings (SSSR count). The summed E-state index contributed by atoms with van der Waals surface area (Å²) in [6.07, 6.45) is 5.89. The molecule has 1 saturated carbocycles. The number of hydrogen-bond donors (Lipinski definition) is 1. The van der Waals surface area contributed by atoms with Gasteiger partial charge in [-0.15, -0.1) is 0 Å². The summed E-state index contributed by atoms with van der Waals surface area (Å²) in [7, 11) is 0. The van der Waals surface area contributed by atoms with Crippen molar-refractivity contribution in [3.8, 4) is 0 Å². The summed E-state index contributed by atoms with van der Waals surface area (Å²) in [6, 6.07) is 2.42. The van der Waals surface area contributed by atoms with Crippen LogP contribution >= 0.6 is 0 Å².